The highest BCUT2D eigenvalue weighted by atomic mass is 79.9. The van der Waals surface area contributed by atoms with Gasteiger partial charge in [-0.25, -0.2) is 4.39 Å². The van der Waals surface area contributed by atoms with Crippen LogP contribution < -0.4 is 10.5 Å². The lowest BCUT2D eigenvalue weighted by Crippen LogP contribution is -2.04. The van der Waals surface area contributed by atoms with Gasteiger partial charge in [-0.05, 0) is 55.3 Å². The second kappa shape index (κ2) is 6.17. The van der Waals surface area contributed by atoms with Crippen LogP contribution in [0.25, 0.3) is 0 Å². The first kappa shape index (κ1) is 14.0. The molecule has 0 aliphatic carbocycles. The molecule has 0 aliphatic rings. The number of nitrogens with two attached hydrogens (primary N) is 1. The van der Waals surface area contributed by atoms with Gasteiger partial charge < -0.3 is 10.5 Å². The Morgan fingerprint density at radius 1 is 1.16 bits per heavy atom. The third kappa shape index (κ3) is 3.55. The fraction of sp³-hybridized carbons (Fsp3) is 0.200. The van der Waals surface area contributed by atoms with Gasteiger partial charge in [0.2, 0.25) is 0 Å². The molecule has 0 radical (unpaired) electrons. The van der Waals surface area contributed by atoms with E-state index < -0.39 is 0 Å². The lowest BCUT2D eigenvalue weighted by Gasteiger charge is -2.12. The molecule has 0 aromatic heterocycles. The molecule has 0 unspecified atom stereocenters. The number of benzene rings is 2. The number of hydrogen-bond donors (Lipinski definition) is 1. The molecule has 0 saturated heterocycles. The van der Waals surface area contributed by atoms with E-state index in [-0.39, 0.29) is 11.6 Å². The lowest BCUT2D eigenvalue weighted by atomic mass is 10.1. The van der Waals surface area contributed by atoms with E-state index >= 15 is 0 Å². The van der Waals surface area contributed by atoms with Crippen molar-refractivity contribution in [1.82, 2.24) is 0 Å². The van der Waals surface area contributed by atoms with Crippen molar-refractivity contribution >= 4 is 15.9 Å². The zero-order chi connectivity index (χ0) is 13.8. The summed E-state index contributed by atoms with van der Waals surface area (Å²) in [5.74, 6) is 0.491. The summed E-state index contributed by atoms with van der Waals surface area (Å²) >= 11 is 3.39. The van der Waals surface area contributed by atoms with E-state index in [1.807, 2.05) is 25.1 Å². The molecule has 2 N–H and O–H groups in total. The first-order valence-corrected chi connectivity index (χ1v) is 6.82. The Kier molecular flexibility index (Phi) is 4.56. The summed E-state index contributed by atoms with van der Waals surface area (Å²) in [4.78, 5) is 0. The molecule has 0 saturated carbocycles. The molecule has 0 atom stereocenters. The minimum Gasteiger partial charge on any atom is -0.454 e. The van der Waals surface area contributed by atoms with E-state index in [0.717, 1.165) is 15.6 Å². The first-order valence-electron chi connectivity index (χ1n) is 6.02. The lowest BCUT2D eigenvalue weighted by molar-refractivity contribution is 0.437. The molecule has 100 valence electrons. The number of rotatable bonds is 4. The van der Waals surface area contributed by atoms with Gasteiger partial charge in [0.15, 0.2) is 11.6 Å². The van der Waals surface area contributed by atoms with Crippen molar-refractivity contribution in [2.75, 3.05) is 6.54 Å². The van der Waals surface area contributed by atoms with Gasteiger partial charge in [-0.2, -0.15) is 0 Å². The zero-order valence-corrected chi connectivity index (χ0v) is 12.2. The number of aryl methyl sites for hydroxylation is 1. The van der Waals surface area contributed by atoms with Crippen LogP contribution in [0.3, 0.4) is 0 Å². The molecule has 0 bridgehead atoms. The summed E-state index contributed by atoms with van der Waals surface area (Å²) in [6.45, 7) is 2.42. The van der Waals surface area contributed by atoms with Crippen molar-refractivity contribution in [2.45, 2.75) is 13.3 Å². The molecule has 0 fully saturated rings. The van der Waals surface area contributed by atoms with Gasteiger partial charge in [-0.1, -0.05) is 28.1 Å². The Balaban J connectivity index is 2.36. The van der Waals surface area contributed by atoms with Gasteiger partial charge in [0.1, 0.15) is 5.75 Å². The van der Waals surface area contributed by atoms with Crippen LogP contribution in [0.2, 0.25) is 0 Å². The molecule has 2 aromatic carbocycles. The largest absolute Gasteiger partial charge is 0.454 e. The molecule has 2 nitrogen and oxygen atoms in total. The van der Waals surface area contributed by atoms with Crippen LogP contribution in [-0.2, 0) is 6.42 Å². The second-order valence-corrected chi connectivity index (χ2v) is 5.24. The maximum Gasteiger partial charge on any atom is 0.165 e. The van der Waals surface area contributed by atoms with Gasteiger partial charge >= 0.3 is 0 Å². The van der Waals surface area contributed by atoms with Gasteiger partial charge in [0.25, 0.3) is 0 Å². The number of halogens is 2. The molecule has 4 heteroatoms. The SMILES string of the molecule is Cc1ccc(F)c(Oc2cc(Br)ccc2CCN)c1. The molecule has 2 aromatic rings. The highest BCUT2D eigenvalue weighted by Gasteiger charge is 2.09. The highest BCUT2D eigenvalue weighted by molar-refractivity contribution is 9.10. The summed E-state index contributed by atoms with van der Waals surface area (Å²) in [6, 6.07) is 10.5. The predicted octanol–water partition coefficient (Wildman–Crippen LogP) is 4.19. The summed E-state index contributed by atoms with van der Waals surface area (Å²) in [7, 11) is 0. The zero-order valence-electron chi connectivity index (χ0n) is 10.6. The van der Waals surface area contributed by atoms with Crippen LogP contribution in [0.5, 0.6) is 11.5 Å². The fourth-order valence-corrected chi connectivity index (χ4v) is 2.13. The summed E-state index contributed by atoms with van der Waals surface area (Å²) in [5.41, 5.74) is 7.49. The van der Waals surface area contributed by atoms with Crippen LogP contribution in [-0.4, -0.2) is 6.54 Å². The van der Waals surface area contributed by atoms with Crippen LogP contribution >= 0.6 is 15.9 Å². The number of ether oxygens (including phenoxy) is 1. The van der Waals surface area contributed by atoms with Crippen LogP contribution in [0.1, 0.15) is 11.1 Å². The summed E-state index contributed by atoms with van der Waals surface area (Å²) in [6.07, 6.45) is 0.691. The maximum absolute atomic E-state index is 13.7. The quantitative estimate of drug-likeness (QED) is 0.915. The van der Waals surface area contributed by atoms with E-state index in [1.165, 1.54) is 6.07 Å². The van der Waals surface area contributed by atoms with E-state index in [4.69, 9.17) is 10.5 Å². The Morgan fingerprint density at radius 3 is 2.68 bits per heavy atom. The summed E-state index contributed by atoms with van der Waals surface area (Å²) < 4.78 is 20.3. The smallest absolute Gasteiger partial charge is 0.165 e. The minimum absolute atomic E-state index is 0.233. The van der Waals surface area contributed by atoms with Gasteiger partial charge in [-0.3, -0.25) is 0 Å². The van der Waals surface area contributed by atoms with Gasteiger partial charge in [0.05, 0.1) is 0 Å². The fourth-order valence-electron chi connectivity index (χ4n) is 1.79. The normalized spacial score (nSPS) is 10.5. The molecular weight excluding hydrogens is 309 g/mol. The van der Waals surface area contributed by atoms with Crippen molar-refractivity contribution in [3.63, 3.8) is 0 Å². The number of hydrogen-bond acceptors (Lipinski definition) is 2. The van der Waals surface area contributed by atoms with E-state index in [2.05, 4.69) is 15.9 Å². The topological polar surface area (TPSA) is 35.2 Å². The highest BCUT2D eigenvalue weighted by Crippen LogP contribution is 2.30. The van der Waals surface area contributed by atoms with Gasteiger partial charge in [-0.15, -0.1) is 0 Å². The van der Waals surface area contributed by atoms with Crippen molar-refractivity contribution in [3.8, 4) is 11.5 Å². The molecule has 2 rings (SSSR count). The monoisotopic (exact) mass is 323 g/mol. The molecule has 0 aliphatic heterocycles. The van der Waals surface area contributed by atoms with E-state index in [1.54, 1.807) is 12.1 Å². The van der Waals surface area contributed by atoms with Crippen molar-refractivity contribution in [1.29, 1.82) is 0 Å². The van der Waals surface area contributed by atoms with Crippen LogP contribution in [0.15, 0.2) is 40.9 Å². The Labute approximate surface area is 120 Å². The van der Waals surface area contributed by atoms with Crippen molar-refractivity contribution in [2.24, 2.45) is 5.73 Å². The third-order valence-corrected chi connectivity index (χ3v) is 3.24. The molecule has 19 heavy (non-hydrogen) atoms. The molecule has 0 heterocycles. The van der Waals surface area contributed by atoms with Crippen molar-refractivity contribution in [3.05, 3.63) is 57.8 Å². The average Bonchev–Trinajstić information content (AvgIpc) is 2.37. The van der Waals surface area contributed by atoms with Gasteiger partial charge in [0, 0.05) is 4.47 Å². The maximum atomic E-state index is 13.7. The van der Waals surface area contributed by atoms with Crippen LogP contribution in [0, 0.1) is 12.7 Å². The Bertz CT molecular complexity index is 586. The first-order chi connectivity index (χ1) is 9.10. The minimum atomic E-state index is -0.371. The van der Waals surface area contributed by atoms with Crippen molar-refractivity contribution < 1.29 is 9.13 Å². The summed E-state index contributed by atoms with van der Waals surface area (Å²) in [5, 5.41) is 0. The van der Waals surface area contributed by atoms with E-state index in [0.29, 0.717) is 18.7 Å². The average molecular weight is 324 g/mol. The molecule has 0 amide bonds. The second-order valence-electron chi connectivity index (χ2n) is 4.33. The standard InChI is InChI=1S/C15H15BrFNO/c1-10-2-5-13(17)15(8-10)19-14-9-12(16)4-3-11(14)6-7-18/h2-5,8-9H,6-7,18H2,1H3. The van der Waals surface area contributed by atoms with Crippen LogP contribution in [0.4, 0.5) is 4.39 Å². The predicted molar refractivity (Wildman–Crippen MR) is 78.1 cm³/mol. The molecular formula is C15H15BrFNO. The Morgan fingerprint density at radius 2 is 1.95 bits per heavy atom. The molecule has 0 spiro atoms. The Hall–Kier alpha value is -1.39. The van der Waals surface area contributed by atoms with E-state index in [9.17, 15) is 4.39 Å². The third-order valence-electron chi connectivity index (χ3n) is 2.75.